The van der Waals surface area contributed by atoms with Gasteiger partial charge in [-0.25, -0.2) is 16.8 Å². The van der Waals surface area contributed by atoms with E-state index in [1.807, 2.05) is 26.0 Å². The molecule has 0 radical (unpaired) electrons. The molecule has 1 aliphatic rings. The van der Waals surface area contributed by atoms with Crippen molar-refractivity contribution < 1.29 is 26.3 Å². The van der Waals surface area contributed by atoms with Crippen LogP contribution in [0.5, 0.6) is 11.5 Å². The van der Waals surface area contributed by atoms with E-state index in [1.165, 1.54) is 0 Å². The van der Waals surface area contributed by atoms with Crippen LogP contribution in [0.1, 0.15) is 30.9 Å². The highest BCUT2D eigenvalue weighted by molar-refractivity contribution is 7.96. The molecule has 1 heterocycles. The highest BCUT2D eigenvalue weighted by Gasteiger charge is 2.45. The van der Waals surface area contributed by atoms with Crippen molar-refractivity contribution in [3.63, 3.8) is 0 Å². The predicted molar refractivity (Wildman–Crippen MR) is 125 cm³/mol. The fourth-order valence-electron chi connectivity index (χ4n) is 4.00. The summed E-state index contributed by atoms with van der Waals surface area (Å²) in [6.45, 7) is 4.47. The van der Waals surface area contributed by atoms with Gasteiger partial charge in [-0.05, 0) is 60.3 Å². The fourth-order valence-corrected chi connectivity index (χ4v) is 8.71. The van der Waals surface area contributed by atoms with Crippen LogP contribution in [-0.4, -0.2) is 60.4 Å². The third-order valence-corrected chi connectivity index (χ3v) is 10.0. The number of sulfone groups is 2. The predicted octanol–water partition coefficient (Wildman–Crippen LogP) is 2.60. The van der Waals surface area contributed by atoms with E-state index >= 15 is 0 Å². The lowest BCUT2D eigenvalue weighted by atomic mass is 10.0. The van der Waals surface area contributed by atoms with Crippen LogP contribution in [0.4, 0.5) is 0 Å². The van der Waals surface area contributed by atoms with Crippen LogP contribution in [-0.2, 0) is 26.1 Å². The Morgan fingerprint density at radius 1 is 1.03 bits per heavy atom. The molecule has 7 nitrogen and oxygen atoms in total. The van der Waals surface area contributed by atoms with Gasteiger partial charge in [-0.1, -0.05) is 26.0 Å². The maximum absolute atomic E-state index is 13.3. The second-order valence-corrected chi connectivity index (χ2v) is 12.7. The third-order valence-electron chi connectivity index (χ3n) is 5.86. The number of rotatable bonds is 9. The van der Waals surface area contributed by atoms with Gasteiger partial charge in [0.15, 0.2) is 19.7 Å². The number of nitrogens with one attached hydrogen (secondary N) is 1. The average Bonchev–Trinajstić information content (AvgIpc) is 3.08. The molecule has 176 valence electrons. The van der Waals surface area contributed by atoms with Crippen molar-refractivity contribution in [2.45, 2.75) is 42.4 Å². The summed E-state index contributed by atoms with van der Waals surface area (Å²) in [6.07, 6.45) is 0.534. The molecule has 0 aliphatic carbocycles. The summed E-state index contributed by atoms with van der Waals surface area (Å²) in [4.78, 5) is 0.158. The topological polar surface area (TPSA) is 98.8 Å². The molecule has 1 saturated heterocycles. The molecule has 0 unspecified atom stereocenters. The molecule has 3 rings (SSSR count). The van der Waals surface area contributed by atoms with Crippen LogP contribution in [0.3, 0.4) is 0 Å². The second kappa shape index (κ2) is 9.80. The van der Waals surface area contributed by atoms with Crippen molar-refractivity contribution in [1.82, 2.24) is 5.32 Å². The summed E-state index contributed by atoms with van der Waals surface area (Å²) in [5, 5.41) is 2.15. The molecular formula is C23H31NO6S2. The van der Waals surface area contributed by atoms with E-state index in [-0.39, 0.29) is 22.3 Å². The monoisotopic (exact) mass is 481 g/mol. The molecule has 1 fully saturated rings. The van der Waals surface area contributed by atoms with E-state index in [4.69, 9.17) is 9.47 Å². The first-order valence-corrected chi connectivity index (χ1v) is 13.9. The van der Waals surface area contributed by atoms with Crippen molar-refractivity contribution in [2.75, 3.05) is 32.3 Å². The summed E-state index contributed by atoms with van der Waals surface area (Å²) < 4.78 is 61.9. The van der Waals surface area contributed by atoms with E-state index < -0.39 is 31.0 Å². The van der Waals surface area contributed by atoms with Gasteiger partial charge < -0.3 is 14.8 Å². The van der Waals surface area contributed by atoms with Gasteiger partial charge in [0.25, 0.3) is 0 Å². The second-order valence-electron chi connectivity index (χ2n) is 8.37. The molecule has 2 aromatic carbocycles. The van der Waals surface area contributed by atoms with Gasteiger partial charge in [0.1, 0.15) is 11.5 Å². The largest absolute Gasteiger partial charge is 0.497 e. The Kier molecular flexibility index (Phi) is 7.52. The maximum Gasteiger partial charge on any atom is 0.183 e. The van der Waals surface area contributed by atoms with Crippen LogP contribution in [0.2, 0.25) is 0 Å². The maximum atomic E-state index is 13.3. The Morgan fingerprint density at radius 3 is 2.31 bits per heavy atom. The number of benzene rings is 2. The standard InChI is InChI=1S/C23H31NO6S2/c1-16(2)17-5-8-20(9-6-17)32(27,28)23-15-31(25,26)14-21(23)24-12-11-18-13-19(29-3)7-10-22(18)30-4/h5-10,13,16,21,23-24H,11-12,14-15H2,1-4H3/t21-,23-/m0/s1. The van der Waals surface area contributed by atoms with Gasteiger partial charge in [0, 0.05) is 6.04 Å². The minimum absolute atomic E-state index is 0.158. The van der Waals surface area contributed by atoms with Crippen molar-refractivity contribution in [3.8, 4) is 11.5 Å². The smallest absolute Gasteiger partial charge is 0.183 e. The lowest BCUT2D eigenvalue weighted by molar-refractivity contribution is 0.398. The quantitative estimate of drug-likeness (QED) is 0.588. The highest BCUT2D eigenvalue weighted by atomic mass is 32.2. The molecule has 0 bridgehead atoms. The third kappa shape index (κ3) is 5.44. The molecule has 0 amide bonds. The lowest BCUT2D eigenvalue weighted by Gasteiger charge is -2.21. The van der Waals surface area contributed by atoms with Gasteiger partial charge >= 0.3 is 0 Å². The minimum Gasteiger partial charge on any atom is -0.497 e. The molecule has 32 heavy (non-hydrogen) atoms. The zero-order chi connectivity index (χ0) is 23.5. The van der Waals surface area contributed by atoms with Crippen LogP contribution in [0.15, 0.2) is 47.4 Å². The van der Waals surface area contributed by atoms with Crippen molar-refractivity contribution in [3.05, 3.63) is 53.6 Å². The summed E-state index contributed by atoms with van der Waals surface area (Å²) in [7, 11) is -4.11. The van der Waals surface area contributed by atoms with Crippen LogP contribution in [0, 0.1) is 0 Å². The minimum atomic E-state index is -3.81. The Bertz CT molecular complexity index is 1140. The highest BCUT2D eigenvalue weighted by Crippen LogP contribution is 2.28. The summed E-state index contributed by atoms with van der Waals surface area (Å²) in [6, 6.07) is 11.5. The first-order valence-electron chi connectivity index (χ1n) is 10.6. The Labute approximate surface area is 191 Å². The van der Waals surface area contributed by atoms with Gasteiger partial charge in [-0.3, -0.25) is 0 Å². The van der Waals surface area contributed by atoms with E-state index in [1.54, 1.807) is 44.6 Å². The van der Waals surface area contributed by atoms with Crippen molar-refractivity contribution in [2.24, 2.45) is 0 Å². The zero-order valence-corrected chi connectivity index (χ0v) is 20.5. The van der Waals surface area contributed by atoms with E-state index in [0.29, 0.717) is 24.5 Å². The summed E-state index contributed by atoms with van der Waals surface area (Å²) in [5.41, 5.74) is 1.92. The molecule has 9 heteroatoms. The number of hydrogen-bond donors (Lipinski definition) is 1. The Balaban J connectivity index is 1.77. The fraction of sp³-hybridized carbons (Fsp3) is 0.478. The van der Waals surface area contributed by atoms with E-state index in [9.17, 15) is 16.8 Å². The first-order chi connectivity index (χ1) is 15.1. The summed E-state index contributed by atoms with van der Waals surface area (Å²) >= 11 is 0. The van der Waals surface area contributed by atoms with E-state index in [0.717, 1.165) is 11.1 Å². The normalized spacial score (nSPS) is 20.4. The molecule has 2 atom stereocenters. The molecule has 0 aromatic heterocycles. The van der Waals surface area contributed by atoms with Crippen molar-refractivity contribution >= 4 is 19.7 Å². The molecular weight excluding hydrogens is 450 g/mol. The van der Waals surface area contributed by atoms with Gasteiger partial charge in [-0.15, -0.1) is 0 Å². The Morgan fingerprint density at radius 2 is 1.72 bits per heavy atom. The van der Waals surface area contributed by atoms with Crippen molar-refractivity contribution in [1.29, 1.82) is 0 Å². The lowest BCUT2D eigenvalue weighted by Crippen LogP contribution is -2.44. The Hall–Kier alpha value is -2.10. The van der Waals surface area contributed by atoms with Gasteiger partial charge in [0.2, 0.25) is 0 Å². The van der Waals surface area contributed by atoms with Crippen LogP contribution >= 0.6 is 0 Å². The SMILES string of the molecule is COc1ccc(OC)c(CCN[C@H]2CS(=O)(=O)C[C@@H]2S(=O)(=O)c2ccc(C(C)C)cc2)c1. The zero-order valence-electron chi connectivity index (χ0n) is 18.9. The number of ether oxygens (including phenoxy) is 2. The van der Waals surface area contributed by atoms with Crippen LogP contribution < -0.4 is 14.8 Å². The first kappa shape index (κ1) is 24.5. The molecule has 1 aliphatic heterocycles. The molecule has 1 N–H and O–H groups in total. The average molecular weight is 482 g/mol. The molecule has 0 saturated carbocycles. The molecule has 0 spiro atoms. The molecule has 2 aromatic rings. The van der Waals surface area contributed by atoms with Gasteiger partial charge in [0.05, 0.1) is 35.9 Å². The number of methoxy groups -OCH3 is 2. The summed E-state index contributed by atoms with van der Waals surface area (Å²) in [5.74, 6) is 1.09. The van der Waals surface area contributed by atoms with Crippen LogP contribution in [0.25, 0.3) is 0 Å². The van der Waals surface area contributed by atoms with Gasteiger partial charge in [-0.2, -0.15) is 0 Å². The van der Waals surface area contributed by atoms with E-state index in [2.05, 4.69) is 5.32 Å². The number of hydrogen-bond acceptors (Lipinski definition) is 7.